The monoisotopic (exact) mass is 401 g/mol. The molecule has 2 atom stereocenters. The maximum atomic E-state index is 12.1. The third kappa shape index (κ3) is 5.94. The molecule has 1 aliphatic heterocycles. The van der Waals surface area contributed by atoms with E-state index in [4.69, 9.17) is 32.7 Å². The fourth-order valence-corrected chi connectivity index (χ4v) is 2.47. The van der Waals surface area contributed by atoms with Crippen LogP contribution in [0.2, 0.25) is 10.0 Å². The van der Waals surface area contributed by atoms with Gasteiger partial charge in [0.15, 0.2) is 6.61 Å². The number of carbonyl (C=O) groups excluding carboxylic acids is 2. The summed E-state index contributed by atoms with van der Waals surface area (Å²) in [4.78, 5) is 23.5. The highest BCUT2D eigenvalue weighted by atomic mass is 35.5. The van der Waals surface area contributed by atoms with E-state index in [0.717, 1.165) is 0 Å². The van der Waals surface area contributed by atoms with Crippen molar-refractivity contribution in [3.8, 4) is 0 Å². The fraction of sp³-hybridized carbons (Fsp3) is 0.429. The molecule has 0 spiro atoms. The molecule has 0 saturated carbocycles. The van der Waals surface area contributed by atoms with Crippen LogP contribution in [0, 0.1) is 0 Å². The number of alkyl halides is 3. The quantitative estimate of drug-likeness (QED) is 0.780. The standard InChI is InChI=1S/C14H12Cl2F3NO5/c15-7-1-2-8(9(16)5-7)11(21)25-12-10(3-4-23-12)20-13(22)24-6-14(17,18)19/h1-2,5,10,12H,3-4,6H2,(H,20,22)/t10-,12-/m1/s1. The second kappa shape index (κ2) is 8.11. The molecule has 1 aromatic rings. The second-order valence-electron chi connectivity index (χ2n) is 5.00. The highest BCUT2D eigenvalue weighted by molar-refractivity contribution is 6.36. The van der Waals surface area contributed by atoms with Crippen LogP contribution in [0.15, 0.2) is 18.2 Å². The molecule has 1 N–H and O–H groups in total. The number of hydrogen-bond acceptors (Lipinski definition) is 5. The molecule has 1 saturated heterocycles. The molecule has 1 fully saturated rings. The average Bonchev–Trinajstić information content (AvgIpc) is 2.91. The summed E-state index contributed by atoms with van der Waals surface area (Å²) in [6.45, 7) is -1.59. The molecule has 1 aromatic carbocycles. The predicted molar refractivity (Wildman–Crippen MR) is 80.6 cm³/mol. The van der Waals surface area contributed by atoms with Crippen molar-refractivity contribution in [2.75, 3.05) is 13.2 Å². The van der Waals surface area contributed by atoms with E-state index in [1.165, 1.54) is 18.2 Å². The van der Waals surface area contributed by atoms with Crippen molar-refractivity contribution in [1.82, 2.24) is 5.32 Å². The van der Waals surface area contributed by atoms with Gasteiger partial charge in [0.25, 0.3) is 0 Å². The first-order valence-electron chi connectivity index (χ1n) is 6.93. The zero-order valence-electron chi connectivity index (χ0n) is 12.4. The third-order valence-electron chi connectivity index (χ3n) is 3.08. The Hall–Kier alpha value is -1.71. The SMILES string of the molecule is O=C(N[C@@H]1CCO[C@@H]1OC(=O)c1ccc(Cl)cc1Cl)OCC(F)(F)F. The largest absolute Gasteiger partial charge is 0.440 e. The summed E-state index contributed by atoms with van der Waals surface area (Å²) < 4.78 is 50.3. The molecular formula is C14H12Cl2F3NO5. The van der Waals surface area contributed by atoms with Crippen LogP contribution < -0.4 is 5.32 Å². The van der Waals surface area contributed by atoms with E-state index in [2.05, 4.69) is 10.1 Å². The molecule has 2 rings (SSSR count). The molecule has 0 bridgehead atoms. The molecule has 0 unspecified atom stereocenters. The van der Waals surface area contributed by atoms with Gasteiger partial charge in [0, 0.05) is 5.02 Å². The van der Waals surface area contributed by atoms with E-state index in [-0.39, 0.29) is 23.6 Å². The number of nitrogens with one attached hydrogen (secondary N) is 1. The highest BCUT2D eigenvalue weighted by Gasteiger charge is 2.35. The Labute approximate surface area is 150 Å². The normalized spacial score (nSPS) is 20.2. The first-order valence-corrected chi connectivity index (χ1v) is 7.69. The van der Waals surface area contributed by atoms with Gasteiger partial charge in [-0.05, 0) is 24.6 Å². The van der Waals surface area contributed by atoms with Crippen LogP contribution in [0.5, 0.6) is 0 Å². The molecule has 6 nitrogen and oxygen atoms in total. The number of alkyl carbamates (subject to hydrolysis) is 1. The number of ether oxygens (including phenoxy) is 3. The summed E-state index contributed by atoms with van der Waals surface area (Å²) in [7, 11) is 0. The minimum absolute atomic E-state index is 0.0277. The molecule has 0 aromatic heterocycles. The number of hydrogen-bond donors (Lipinski definition) is 1. The van der Waals surface area contributed by atoms with Crippen molar-refractivity contribution in [3.63, 3.8) is 0 Å². The smallest absolute Gasteiger partial charge is 0.422 e. The molecule has 11 heteroatoms. The molecule has 0 aliphatic carbocycles. The number of carbonyl (C=O) groups is 2. The topological polar surface area (TPSA) is 73.9 Å². The summed E-state index contributed by atoms with van der Waals surface area (Å²) in [6, 6.07) is 3.28. The van der Waals surface area contributed by atoms with Gasteiger partial charge in [0.1, 0.15) is 0 Å². The van der Waals surface area contributed by atoms with E-state index in [1.807, 2.05) is 0 Å². The lowest BCUT2D eigenvalue weighted by Gasteiger charge is -2.20. The van der Waals surface area contributed by atoms with Crippen molar-refractivity contribution < 1.29 is 37.0 Å². The minimum Gasteiger partial charge on any atom is -0.440 e. The summed E-state index contributed by atoms with van der Waals surface area (Å²) >= 11 is 11.6. The lowest BCUT2D eigenvalue weighted by molar-refractivity contribution is -0.160. The van der Waals surface area contributed by atoms with Gasteiger partial charge in [0.05, 0.1) is 23.2 Å². The molecule has 1 amide bonds. The maximum absolute atomic E-state index is 12.1. The van der Waals surface area contributed by atoms with Gasteiger partial charge in [-0.15, -0.1) is 0 Å². The van der Waals surface area contributed by atoms with E-state index >= 15 is 0 Å². The summed E-state index contributed by atoms with van der Waals surface area (Å²) in [5.41, 5.74) is 0.0277. The van der Waals surface area contributed by atoms with Gasteiger partial charge in [0.2, 0.25) is 6.29 Å². The Bertz CT molecular complexity index is 656. The Morgan fingerprint density at radius 1 is 1.32 bits per heavy atom. The van der Waals surface area contributed by atoms with Crippen LogP contribution in [0.4, 0.5) is 18.0 Å². The van der Waals surface area contributed by atoms with E-state index < -0.39 is 37.2 Å². The summed E-state index contributed by atoms with van der Waals surface area (Å²) in [5.74, 6) is -0.830. The first kappa shape index (κ1) is 19.6. The first-order chi connectivity index (χ1) is 11.7. The predicted octanol–water partition coefficient (Wildman–Crippen LogP) is 3.55. The van der Waals surface area contributed by atoms with Gasteiger partial charge < -0.3 is 19.5 Å². The minimum atomic E-state index is -4.64. The molecule has 1 aliphatic rings. The van der Waals surface area contributed by atoms with Crippen molar-refractivity contribution in [3.05, 3.63) is 33.8 Å². The van der Waals surface area contributed by atoms with Crippen molar-refractivity contribution in [2.45, 2.75) is 24.9 Å². The van der Waals surface area contributed by atoms with Crippen LogP contribution in [0.1, 0.15) is 16.8 Å². The highest BCUT2D eigenvalue weighted by Crippen LogP contribution is 2.24. The van der Waals surface area contributed by atoms with Crippen molar-refractivity contribution in [2.24, 2.45) is 0 Å². The van der Waals surface area contributed by atoms with Gasteiger partial charge in [-0.3, -0.25) is 0 Å². The van der Waals surface area contributed by atoms with E-state index in [1.54, 1.807) is 0 Å². The van der Waals surface area contributed by atoms with Crippen LogP contribution in [0.3, 0.4) is 0 Å². The second-order valence-corrected chi connectivity index (χ2v) is 5.84. The van der Waals surface area contributed by atoms with Crippen molar-refractivity contribution in [1.29, 1.82) is 0 Å². The molecule has 0 radical (unpaired) electrons. The third-order valence-corrected chi connectivity index (χ3v) is 3.63. The summed E-state index contributed by atoms with van der Waals surface area (Å²) in [6.07, 6.45) is -6.88. The average molecular weight is 402 g/mol. The molecule has 138 valence electrons. The Morgan fingerprint density at radius 2 is 2.04 bits per heavy atom. The Kier molecular flexibility index (Phi) is 6.36. The number of amides is 1. The lowest BCUT2D eigenvalue weighted by Crippen LogP contribution is -2.43. The Morgan fingerprint density at radius 3 is 2.68 bits per heavy atom. The lowest BCUT2D eigenvalue weighted by atomic mass is 10.2. The summed E-state index contributed by atoms with van der Waals surface area (Å²) in [5, 5.41) is 2.55. The van der Waals surface area contributed by atoms with Gasteiger partial charge in [-0.25, -0.2) is 9.59 Å². The van der Waals surface area contributed by atoms with E-state index in [9.17, 15) is 22.8 Å². The van der Waals surface area contributed by atoms with E-state index in [0.29, 0.717) is 5.02 Å². The number of halogens is 5. The fourth-order valence-electron chi connectivity index (χ4n) is 1.98. The zero-order chi connectivity index (χ0) is 18.6. The van der Waals surface area contributed by atoms with Crippen LogP contribution in [-0.2, 0) is 14.2 Å². The van der Waals surface area contributed by atoms with Crippen LogP contribution >= 0.6 is 23.2 Å². The number of benzene rings is 1. The van der Waals surface area contributed by atoms with Crippen LogP contribution in [-0.4, -0.2) is 43.8 Å². The van der Waals surface area contributed by atoms with Crippen LogP contribution in [0.25, 0.3) is 0 Å². The number of rotatable bonds is 4. The molecule has 1 heterocycles. The van der Waals surface area contributed by atoms with Crippen molar-refractivity contribution >= 4 is 35.3 Å². The van der Waals surface area contributed by atoms with Gasteiger partial charge in [-0.1, -0.05) is 23.2 Å². The zero-order valence-corrected chi connectivity index (χ0v) is 14.0. The molecular weight excluding hydrogens is 390 g/mol. The number of esters is 1. The maximum Gasteiger partial charge on any atom is 0.422 e. The molecule has 25 heavy (non-hydrogen) atoms. The van der Waals surface area contributed by atoms with Gasteiger partial charge >= 0.3 is 18.2 Å². The van der Waals surface area contributed by atoms with Gasteiger partial charge in [-0.2, -0.15) is 13.2 Å². The Balaban J connectivity index is 1.92.